The Labute approximate surface area is 157 Å². The van der Waals surface area contributed by atoms with Crippen LogP contribution in [0.3, 0.4) is 0 Å². The Morgan fingerprint density at radius 1 is 1.15 bits per heavy atom. The number of amides is 2. The molecule has 2 rings (SSSR count). The van der Waals surface area contributed by atoms with E-state index >= 15 is 0 Å². The summed E-state index contributed by atoms with van der Waals surface area (Å²) < 4.78 is 5.40. The molecule has 2 amide bonds. The molecule has 0 radical (unpaired) electrons. The molecule has 0 fully saturated rings. The standard InChI is InChI=1S/C19H20ClN3O3/c1-13(2)22-18(24)12-26-15-9-7-14(8-10-15)11-21-23-19(25)16-5-3-4-6-17(16)20/h3-11,13H,12H2,1-2H3,(H,22,24)(H,23,25)/b21-11-. The highest BCUT2D eigenvalue weighted by molar-refractivity contribution is 6.33. The number of ether oxygens (including phenoxy) is 1. The Balaban J connectivity index is 1.85. The largest absolute Gasteiger partial charge is 0.484 e. The van der Waals surface area contributed by atoms with Crippen molar-refractivity contribution in [3.05, 3.63) is 64.7 Å². The lowest BCUT2D eigenvalue weighted by Crippen LogP contribution is -2.34. The summed E-state index contributed by atoms with van der Waals surface area (Å²) in [5.41, 5.74) is 3.55. The van der Waals surface area contributed by atoms with E-state index in [9.17, 15) is 9.59 Å². The van der Waals surface area contributed by atoms with Gasteiger partial charge in [-0.2, -0.15) is 5.10 Å². The van der Waals surface area contributed by atoms with Crippen molar-refractivity contribution in [2.45, 2.75) is 19.9 Å². The molecule has 0 aliphatic heterocycles. The molecule has 2 N–H and O–H groups in total. The summed E-state index contributed by atoms with van der Waals surface area (Å²) in [6.07, 6.45) is 1.50. The maximum Gasteiger partial charge on any atom is 0.272 e. The fraction of sp³-hybridized carbons (Fsp3) is 0.211. The van der Waals surface area contributed by atoms with Crippen LogP contribution in [-0.4, -0.2) is 30.7 Å². The maximum atomic E-state index is 12.0. The van der Waals surface area contributed by atoms with Crippen molar-refractivity contribution in [1.82, 2.24) is 10.7 Å². The quantitative estimate of drug-likeness (QED) is 0.578. The summed E-state index contributed by atoms with van der Waals surface area (Å²) >= 11 is 5.96. The van der Waals surface area contributed by atoms with Crippen LogP contribution in [0.15, 0.2) is 53.6 Å². The number of rotatable bonds is 7. The molecular formula is C19H20ClN3O3. The van der Waals surface area contributed by atoms with Crippen molar-refractivity contribution in [2.24, 2.45) is 5.10 Å². The SMILES string of the molecule is CC(C)NC(=O)COc1ccc(/C=N\NC(=O)c2ccccc2Cl)cc1. The second-order valence-electron chi connectivity index (χ2n) is 5.76. The summed E-state index contributed by atoms with van der Waals surface area (Å²) in [5.74, 6) is 0.0112. The zero-order chi connectivity index (χ0) is 18.9. The zero-order valence-corrected chi connectivity index (χ0v) is 15.3. The Bertz CT molecular complexity index is 789. The van der Waals surface area contributed by atoms with Crippen molar-refractivity contribution in [1.29, 1.82) is 0 Å². The van der Waals surface area contributed by atoms with Crippen LogP contribution in [0.4, 0.5) is 0 Å². The number of halogens is 1. The van der Waals surface area contributed by atoms with Gasteiger partial charge in [0.15, 0.2) is 6.61 Å². The van der Waals surface area contributed by atoms with Gasteiger partial charge in [0.2, 0.25) is 0 Å². The number of benzene rings is 2. The predicted octanol–water partition coefficient (Wildman–Crippen LogP) is 3.01. The van der Waals surface area contributed by atoms with Gasteiger partial charge in [0, 0.05) is 6.04 Å². The first kappa shape index (κ1) is 19.5. The monoisotopic (exact) mass is 373 g/mol. The topological polar surface area (TPSA) is 79.8 Å². The van der Waals surface area contributed by atoms with Gasteiger partial charge in [0.1, 0.15) is 5.75 Å². The lowest BCUT2D eigenvalue weighted by molar-refractivity contribution is -0.123. The molecule has 0 saturated heterocycles. The third-order valence-corrected chi connectivity index (χ3v) is 3.53. The van der Waals surface area contributed by atoms with Crippen molar-refractivity contribution in [3.63, 3.8) is 0 Å². The van der Waals surface area contributed by atoms with Crippen LogP contribution in [-0.2, 0) is 4.79 Å². The van der Waals surface area contributed by atoms with Gasteiger partial charge in [-0.25, -0.2) is 5.43 Å². The molecule has 7 heteroatoms. The van der Waals surface area contributed by atoms with E-state index < -0.39 is 0 Å². The van der Waals surface area contributed by atoms with Crippen LogP contribution in [0.2, 0.25) is 5.02 Å². The average molecular weight is 374 g/mol. The van der Waals surface area contributed by atoms with Crippen LogP contribution in [0.5, 0.6) is 5.75 Å². The van der Waals surface area contributed by atoms with E-state index in [2.05, 4.69) is 15.8 Å². The average Bonchev–Trinajstić information content (AvgIpc) is 2.61. The van der Waals surface area contributed by atoms with Gasteiger partial charge < -0.3 is 10.1 Å². The number of hydrogen-bond acceptors (Lipinski definition) is 4. The second-order valence-corrected chi connectivity index (χ2v) is 6.17. The Hall–Kier alpha value is -2.86. The number of nitrogens with zero attached hydrogens (tertiary/aromatic N) is 1. The van der Waals surface area contributed by atoms with Crippen LogP contribution >= 0.6 is 11.6 Å². The summed E-state index contributed by atoms with van der Waals surface area (Å²) in [6.45, 7) is 3.73. The van der Waals surface area contributed by atoms with E-state index in [1.807, 2.05) is 13.8 Å². The normalized spacial score (nSPS) is 10.8. The van der Waals surface area contributed by atoms with Gasteiger partial charge in [-0.1, -0.05) is 23.7 Å². The molecule has 0 aliphatic rings. The molecule has 0 spiro atoms. The first-order valence-corrected chi connectivity index (χ1v) is 8.43. The van der Waals surface area contributed by atoms with E-state index in [-0.39, 0.29) is 24.5 Å². The van der Waals surface area contributed by atoms with E-state index in [4.69, 9.17) is 16.3 Å². The Kier molecular flexibility index (Phi) is 7.17. The predicted molar refractivity (Wildman–Crippen MR) is 102 cm³/mol. The molecule has 0 aromatic heterocycles. The third kappa shape index (κ3) is 6.22. The Morgan fingerprint density at radius 3 is 2.50 bits per heavy atom. The van der Waals surface area contributed by atoms with E-state index in [1.165, 1.54) is 6.21 Å². The molecule has 136 valence electrons. The van der Waals surface area contributed by atoms with E-state index in [1.54, 1.807) is 48.5 Å². The van der Waals surface area contributed by atoms with Gasteiger partial charge in [-0.05, 0) is 55.8 Å². The van der Waals surface area contributed by atoms with Crippen molar-refractivity contribution >= 4 is 29.6 Å². The maximum absolute atomic E-state index is 12.0. The molecule has 0 bridgehead atoms. The highest BCUT2D eigenvalue weighted by Gasteiger charge is 2.08. The summed E-state index contributed by atoms with van der Waals surface area (Å²) in [5, 5.41) is 7.02. The van der Waals surface area contributed by atoms with Gasteiger partial charge in [0.05, 0.1) is 16.8 Å². The number of carbonyl (C=O) groups is 2. The number of nitrogens with one attached hydrogen (secondary N) is 2. The molecule has 0 aliphatic carbocycles. The third-order valence-electron chi connectivity index (χ3n) is 3.20. The highest BCUT2D eigenvalue weighted by atomic mass is 35.5. The van der Waals surface area contributed by atoms with Crippen LogP contribution in [0, 0.1) is 0 Å². The molecule has 26 heavy (non-hydrogen) atoms. The minimum Gasteiger partial charge on any atom is -0.484 e. The highest BCUT2D eigenvalue weighted by Crippen LogP contribution is 2.14. The fourth-order valence-corrected chi connectivity index (χ4v) is 2.26. The molecular weight excluding hydrogens is 354 g/mol. The molecule has 0 heterocycles. The first-order valence-electron chi connectivity index (χ1n) is 8.06. The van der Waals surface area contributed by atoms with E-state index in [0.29, 0.717) is 16.3 Å². The van der Waals surface area contributed by atoms with Crippen molar-refractivity contribution in [2.75, 3.05) is 6.61 Å². The van der Waals surface area contributed by atoms with Crippen LogP contribution in [0.1, 0.15) is 29.8 Å². The molecule has 2 aromatic rings. The molecule has 0 saturated carbocycles. The molecule has 2 aromatic carbocycles. The van der Waals surface area contributed by atoms with Gasteiger partial charge in [0.25, 0.3) is 11.8 Å². The van der Waals surface area contributed by atoms with Gasteiger partial charge >= 0.3 is 0 Å². The minimum atomic E-state index is -0.386. The number of hydrazone groups is 1. The summed E-state index contributed by atoms with van der Waals surface area (Å²) in [6, 6.07) is 13.8. The van der Waals surface area contributed by atoms with Gasteiger partial charge in [-0.3, -0.25) is 9.59 Å². The lowest BCUT2D eigenvalue weighted by atomic mass is 10.2. The minimum absolute atomic E-state index is 0.0422. The lowest BCUT2D eigenvalue weighted by Gasteiger charge is -2.09. The summed E-state index contributed by atoms with van der Waals surface area (Å²) in [7, 11) is 0. The Morgan fingerprint density at radius 2 is 1.85 bits per heavy atom. The van der Waals surface area contributed by atoms with E-state index in [0.717, 1.165) is 5.56 Å². The molecule has 6 nitrogen and oxygen atoms in total. The van der Waals surface area contributed by atoms with Crippen molar-refractivity contribution in [3.8, 4) is 5.75 Å². The fourth-order valence-electron chi connectivity index (χ4n) is 2.03. The van der Waals surface area contributed by atoms with Gasteiger partial charge in [-0.15, -0.1) is 0 Å². The molecule has 0 unspecified atom stereocenters. The number of carbonyl (C=O) groups excluding carboxylic acids is 2. The zero-order valence-electron chi connectivity index (χ0n) is 14.5. The van der Waals surface area contributed by atoms with Crippen molar-refractivity contribution < 1.29 is 14.3 Å². The smallest absolute Gasteiger partial charge is 0.272 e. The van der Waals surface area contributed by atoms with Crippen LogP contribution < -0.4 is 15.5 Å². The second kappa shape index (κ2) is 9.58. The molecule has 0 atom stereocenters. The van der Waals surface area contributed by atoms with Crippen LogP contribution in [0.25, 0.3) is 0 Å². The number of hydrogen-bond donors (Lipinski definition) is 2. The first-order chi connectivity index (χ1) is 12.5. The summed E-state index contributed by atoms with van der Waals surface area (Å²) in [4.78, 5) is 23.5.